The first-order chi connectivity index (χ1) is 8.70. The molecule has 1 unspecified atom stereocenters. The van der Waals surface area contributed by atoms with Crippen molar-refractivity contribution in [3.05, 3.63) is 17.5 Å². The maximum Gasteiger partial charge on any atom is 0.0527 e. The third kappa shape index (κ3) is 4.47. The van der Waals surface area contributed by atoms with Gasteiger partial charge in [0.15, 0.2) is 0 Å². The summed E-state index contributed by atoms with van der Waals surface area (Å²) in [7, 11) is 2.04. The quantitative estimate of drug-likeness (QED) is 0.566. The lowest BCUT2D eigenvalue weighted by molar-refractivity contribution is 0.514. The number of hydrogen-bond donors (Lipinski definition) is 0. The average molecular weight is 250 g/mol. The summed E-state index contributed by atoms with van der Waals surface area (Å²) in [6.45, 7) is 6.76. The number of hydrogen-bond acceptors (Lipinski definition) is 1. The first-order valence-electron chi connectivity index (χ1n) is 7.69. The lowest BCUT2D eigenvalue weighted by Crippen LogP contribution is -2.01. The molecule has 104 valence electrons. The van der Waals surface area contributed by atoms with Crippen LogP contribution in [0.4, 0.5) is 0 Å². The molecule has 0 aromatic carbocycles. The molecule has 2 heteroatoms. The van der Waals surface area contributed by atoms with Crippen LogP contribution in [-0.4, -0.2) is 9.78 Å². The zero-order valence-electron chi connectivity index (χ0n) is 12.7. The molecule has 1 aromatic heterocycles. The summed E-state index contributed by atoms with van der Waals surface area (Å²) in [5.74, 6) is 0.727. The number of unbranched alkanes of at least 4 members (excludes halogenated alkanes) is 4. The van der Waals surface area contributed by atoms with E-state index in [1.807, 2.05) is 11.7 Å². The van der Waals surface area contributed by atoms with Gasteiger partial charge in [-0.05, 0) is 31.2 Å². The molecular weight excluding hydrogens is 220 g/mol. The van der Waals surface area contributed by atoms with E-state index in [1.54, 1.807) is 0 Å². The van der Waals surface area contributed by atoms with Gasteiger partial charge in [0.05, 0.1) is 6.20 Å². The molecule has 0 spiro atoms. The topological polar surface area (TPSA) is 17.8 Å². The normalized spacial score (nSPS) is 12.9. The van der Waals surface area contributed by atoms with Crippen LogP contribution >= 0.6 is 0 Å². The van der Waals surface area contributed by atoms with Gasteiger partial charge in [-0.15, -0.1) is 0 Å². The van der Waals surface area contributed by atoms with Crippen LogP contribution in [-0.2, 0) is 7.05 Å². The highest BCUT2D eigenvalue weighted by Gasteiger charge is 2.15. The van der Waals surface area contributed by atoms with Gasteiger partial charge in [-0.2, -0.15) is 5.10 Å². The van der Waals surface area contributed by atoms with Crippen LogP contribution in [0.15, 0.2) is 6.20 Å². The highest BCUT2D eigenvalue weighted by molar-refractivity contribution is 5.20. The van der Waals surface area contributed by atoms with Crippen molar-refractivity contribution in [3.63, 3.8) is 0 Å². The molecule has 0 saturated heterocycles. The molecule has 1 rings (SSSR count). The lowest BCUT2D eigenvalue weighted by atomic mass is 9.89. The second kappa shape index (κ2) is 8.34. The molecule has 0 radical (unpaired) electrons. The maximum absolute atomic E-state index is 4.39. The van der Waals surface area contributed by atoms with Crippen LogP contribution in [0.5, 0.6) is 0 Å². The van der Waals surface area contributed by atoms with E-state index in [2.05, 4.69) is 32.1 Å². The zero-order valence-corrected chi connectivity index (χ0v) is 12.7. The third-order valence-corrected chi connectivity index (χ3v) is 4.01. The van der Waals surface area contributed by atoms with Gasteiger partial charge < -0.3 is 0 Å². The summed E-state index contributed by atoms with van der Waals surface area (Å²) < 4.78 is 2.01. The Morgan fingerprint density at radius 2 is 1.78 bits per heavy atom. The van der Waals surface area contributed by atoms with Crippen molar-refractivity contribution in [2.24, 2.45) is 7.05 Å². The fourth-order valence-electron chi connectivity index (χ4n) is 2.71. The summed E-state index contributed by atoms with van der Waals surface area (Å²) in [6.07, 6.45) is 12.9. The zero-order chi connectivity index (χ0) is 13.4. The first kappa shape index (κ1) is 15.3. The summed E-state index contributed by atoms with van der Waals surface area (Å²) in [6, 6.07) is 0. The van der Waals surface area contributed by atoms with Crippen LogP contribution < -0.4 is 0 Å². The Bertz CT molecular complexity index is 328. The lowest BCUT2D eigenvalue weighted by Gasteiger charge is -2.16. The molecular formula is C16H30N2. The molecule has 0 aliphatic rings. The summed E-state index contributed by atoms with van der Waals surface area (Å²) >= 11 is 0. The minimum Gasteiger partial charge on any atom is -0.273 e. The predicted molar refractivity (Wildman–Crippen MR) is 79.0 cm³/mol. The average Bonchev–Trinajstić information content (AvgIpc) is 2.69. The van der Waals surface area contributed by atoms with Crippen LogP contribution in [0.25, 0.3) is 0 Å². The Balaban J connectivity index is 2.47. The van der Waals surface area contributed by atoms with E-state index < -0.39 is 0 Å². The van der Waals surface area contributed by atoms with Crippen LogP contribution in [0.1, 0.15) is 82.4 Å². The van der Waals surface area contributed by atoms with Crippen LogP contribution in [0.3, 0.4) is 0 Å². The van der Waals surface area contributed by atoms with E-state index in [4.69, 9.17) is 0 Å². The van der Waals surface area contributed by atoms with E-state index in [0.717, 1.165) is 5.92 Å². The molecule has 0 aliphatic heterocycles. The molecule has 18 heavy (non-hydrogen) atoms. The largest absolute Gasteiger partial charge is 0.273 e. The summed E-state index contributed by atoms with van der Waals surface area (Å²) in [5, 5.41) is 4.39. The monoisotopic (exact) mass is 250 g/mol. The maximum atomic E-state index is 4.39. The molecule has 2 nitrogen and oxygen atoms in total. The molecule has 1 atom stereocenters. The smallest absolute Gasteiger partial charge is 0.0527 e. The molecule has 0 bridgehead atoms. The fourth-order valence-corrected chi connectivity index (χ4v) is 2.71. The third-order valence-electron chi connectivity index (χ3n) is 4.01. The van der Waals surface area contributed by atoms with Crippen molar-refractivity contribution in [3.8, 4) is 0 Å². The second-order valence-corrected chi connectivity index (χ2v) is 5.50. The number of aromatic nitrogens is 2. The molecule has 1 aromatic rings. The Hall–Kier alpha value is -0.790. The molecule has 0 fully saturated rings. The van der Waals surface area contributed by atoms with Crippen molar-refractivity contribution in [1.29, 1.82) is 0 Å². The molecule has 0 saturated carbocycles. The van der Waals surface area contributed by atoms with Crippen molar-refractivity contribution in [1.82, 2.24) is 9.78 Å². The molecule has 0 amide bonds. The first-order valence-corrected chi connectivity index (χ1v) is 7.69. The summed E-state index contributed by atoms with van der Waals surface area (Å²) in [4.78, 5) is 0. The summed E-state index contributed by atoms with van der Waals surface area (Å²) in [5.41, 5.74) is 2.83. The van der Waals surface area contributed by atoms with Gasteiger partial charge in [0, 0.05) is 12.7 Å². The Kier molecular flexibility index (Phi) is 7.07. The fraction of sp³-hybridized carbons (Fsp3) is 0.812. The molecule has 0 aliphatic carbocycles. The van der Waals surface area contributed by atoms with Gasteiger partial charge in [-0.3, -0.25) is 4.68 Å². The highest BCUT2D eigenvalue weighted by Crippen LogP contribution is 2.29. The minimum atomic E-state index is 0.727. The van der Waals surface area contributed by atoms with Gasteiger partial charge in [0.25, 0.3) is 0 Å². The van der Waals surface area contributed by atoms with Crippen molar-refractivity contribution < 1.29 is 0 Å². The highest BCUT2D eigenvalue weighted by atomic mass is 15.3. The van der Waals surface area contributed by atoms with Gasteiger partial charge in [0.1, 0.15) is 0 Å². The predicted octanol–water partition coefficient (Wildman–Crippen LogP) is 4.97. The van der Waals surface area contributed by atoms with Crippen molar-refractivity contribution in [2.45, 2.75) is 78.1 Å². The van der Waals surface area contributed by atoms with Crippen molar-refractivity contribution >= 4 is 0 Å². The number of rotatable bonds is 9. The molecule has 1 heterocycles. The Morgan fingerprint density at radius 3 is 2.33 bits per heavy atom. The van der Waals surface area contributed by atoms with Crippen LogP contribution in [0, 0.1) is 6.92 Å². The van der Waals surface area contributed by atoms with E-state index in [9.17, 15) is 0 Å². The van der Waals surface area contributed by atoms with Gasteiger partial charge in [0.2, 0.25) is 0 Å². The van der Waals surface area contributed by atoms with E-state index in [1.165, 1.54) is 62.6 Å². The second-order valence-electron chi connectivity index (χ2n) is 5.50. The van der Waals surface area contributed by atoms with Gasteiger partial charge in [-0.25, -0.2) is 0 Å². The molecule has 0 N–H and O–H groups in total. The minimum absolute atomic E-state index is 0.727. The number of aryl methyl sites for hydroxylation is 1. The van der Waals surface area contributed by atoms with E-state index in [0.29, 0.717) is 0 Å². The SMILES string of the molecule is CCCCCCCC(CCC)c1cnn(C)c1C. The van der Waals surface area contributed by atoms with Crippen LogP contribution in [0.2, 0.25) is 0 Å². The van der Waals surface area contributed by atoms with Crippen molar-refractivity contribution in [2.75, 3.05) is 0 Å². The van der Waals surface area contributed by atoms with Gasteiger partial charge >= 0.3 is 0 Å². The van der Waals surface area contributed by atoms with Gasteiger partial charge in [-0.1, -0.05) is 52.4 Å². The standard InChI is InChI=1S/C16H30N2/c1-5-7-8-9-10-12-15(11-6-2)16-13-17-18(4)14(16)3/h13,15H,5-12H2,1-4H3. The Morgan fingerprint density at radius 1 is 1.06 bits per heavy atom. The van der Waals surface area contributed by atoms with E-state index in [-0.39, 0.29) is 0 Å². The number of nitrogens with zero attached hydrogens (tertiary/aromatic N) is 2. The van der Waals surface area contributed by atoms with E-state index >= 15 is 0 Å². The Labute approximate surface area is 113 Å².